The monoisotopic (exact) mass is 579 g/mol. The number of nitrogens with one attached hydrogen (secondary N) is 4. The molecule has 0 saturated carbocycles. The zero-order chi connectivity index (χ0) is 30.3. The smallest absolute Gasteiger partial charge is 0.469 e. The Morgan fingerprint density at radius 2 is 1.66 bits per heavy atom. The van der Waals surface area contributed by atoms with Crippen LogP contribution in [0.4, 0.5) is 24.8 Å². The van der Waals surface area contributed by atoms with Crippen molar-refractivity contribution in [1.82, 2.24) is 25.3 Å². The number of carbonyl (C=O) groups excluding carboxylic acids is 5. The molecule has 0 unspecified atom stereocenters. The van der Waals surface area contributed by atoms with Crippen LogP contribution < -0.4 is 21.5 Å². The zero-order valence-corrected chi connectivity index (χ0v) is 21.1. The number of H-pyrrole nitrogens is 1. The Kier molecular flexibility index (Phi) is 9.27. The number of aromatic nitrogens is 4. The van der Waals surface area contributed by atoms with Crippen LogP contribution in [0.5, 0.6) is 0 Å². The van der Waals surface area contributed by atoms with Gasteiger partial charge in [0.2, 0.25) is 5.95 Å². The minimum absolute atomic E-state index is 0.0616. The van der Waals surface area contributed by atoms with Crippen molar-refractivity contribution in [3.8, 4) is 0 Å². The summed E-state index contributed by atoms with van der Waals surface area (Å²) < 4.78 is 46.5. The molecule has 0 bridgehead atoms. The summed E-state index contributed by atoms with van der Waals surface area (Å²) in [5.74, 6) is -6.03. The Morgan fingerprint density at radius 1 is 0.976 bits per heavy atom. The first-order valence-corrected chi connectivity index (χ1v) is 11.3. The molecule has 15 nitrogen and oxygen atoms in total. The minimum atomic E-state index is -5.22. The highest BCUT2D eigenvalue weighted by Crippen LogP contribution is 2.17. The highest BCUT2D eigenvalue weighted by molar-refractivity contribution is 6.04. The highest BCUT2D eigenvalue weighted by atomic mass is 19.4. The third kappa shape index (κ3) is 7.80. The number of methoxy groups -OCH3 is 2. The van der Waals surface area contributed by atoms with E-state index >= 15 is 0 Å². The molecule has 3 rings (SSSR count). The lowest BCUT2D eigenvalue weighted by atomic mass is 10.1. The Balaban J connectivity index is 1.69. The molecule has 18 heteroatoms. The first-order chi connectivity index (χ1) is 19.3. The average Bonchev–Trinajstić information content (AvgIpc) is 2.94. The lowest BCUT2D eigenvalue weighted by molar-refractivity contribution is -0.167. The Hall–Kier alpha value is -5.42. The van der Waals surface area contributed by atoms with Crippen LogP contribution in [0.3, 0.4) is 0 Å². The Bertz CT molecular complexity index is 1560. The molecule has 0 fully saturated rings. The fraction of sp³-hybridized carbons (Fsp3) is 0.261. The van der Waals surface area contributed by atoms with E-state index in [1.54, 1.807) is 0 Å². The van der Waals surface area contributed by atoms with Crippen LogP contribution in [0.1, 0.15) is 33.7 Å². The second-order valence-electron chi connectivity index (χ2n) is 7.99. The van der Waals surface area contributed by atoms with Gasteiger partial charge in [0.1, 0.15) is 11.7 Å². The van der Waals surface area contributed by atoms with Gasteiger partial charge in [-0.3, -0.25) is 34.3 Å². The number of fused-ring (bicyclic) bond motifs is 1. The molecule has 0 spiro atoms. The van der Waals surface area contributed by atoms with E-state index in [0.29, 0.717) is 0 Å². The third-order valence-electron chi connectivity index (χ3n) is 5.20. The molecule has 2 aromatic heterocycles. The molecule has 0 radical (unpaired) electrons. The maximum atomic E-state index is 12.6. The third-order valence-corrected chi connectivity index (χ3v) is 5.20. The van der Waals surface area contributed by atoms with Gasteiger partial charge in [-0.2, -0.15) is 18.2 Å². The van der Waals surface area contributed by atoms with Gasteiger partial charge in [-0.05, 0) is 30.7 Å². The normalized spacial score (nSPS) is 11.7. The van der Waals surface area contributed by atoms with Crippen LogP contribution in [0, 0.1) is 0 Å². The molecule has 3 aromatic rings. The first kappa shape index (κ1) is 30.1. The zero-order valence-electron chi connectivity index (χ0n) is 21.1. The summed E-state index contributed by atoms with van der Waals surface area (Å²) in [5.41, 5.74) is -2.04. The molecular weight excluding hydrogens is 559 g/mol. The number of carbonyl (C=O) groups is 5. The average molecular weight is 579 g/mol. The molecule has 4 N–H and O–H groups in total. The van der Waals surface area contributed by atoms with Gasteiger partial charge in [0.15, 0.2) is 11.2 Å². The molecule has 1 aromatic carbocycles. The number of halogens is 3. The number of hydrogen-bond donors (Lipinski definition) is 4. The van der Waals surface area contributed by atoms with Crippen LogP contribution in [0.25, 0.3) is 11.2 Å². The largest absolute Gasteiger partial charge is 0.471 e. The summed E-state index contributed by atoms with van der Waals surface area (Å²) in [6, 6.07) is 4.25. The van der Waals surface area contributed by atoms with Gasteiger partial charge in [0, 0.05) is 17.7 Å². The Labute approximate surface area is 226 Å². The van der Waals surface area contributed by atoms with Gasteiger partial charge in [-0.15, -0.1) is 0 Å². The predicted molar refractivity (Wildman–Crippen MR) is 132 cm³/mol. The number of nitrogens with zero attached hydrogens (tertiary/aromatic N) is 3. The maximum absolute atomic E-state index is 12.6. The topological polar surface area (TPSA) is 211 Å². The number of hydrogen-bond acceptors (Lipinski definition) is 11. The van der Waals surface area contributed by atoms with Crippen molar-refractivity contribution in [2.45, 2.75) is 25.1 Å². The number of alkyl halides is 3. The van der Waals surface area contributed by atoms with Crippen LogP contribution in [0.2, 0.25) is 0 Å². The van der Waals surface area contributed by atoms with Gasteiger partial charge in [0.05, 0.1) is 20.4 Å². The van der Waals surface area contributed by atoms with Gasteiger partial charge in [0.25, 0.3) is 17.4 Å². The first-order valence-electron chi connectivity index (χ1n) is 11.3. The molecule has 3 amide bonds. The number of esters is 2. The number of ether oxygens (including phenoxy) is 2. The lowest BCUT2D eigenvalue weighted by Crippen LogP contribution is -2.41. The fourth-order valence-corrected chi connectivity index (χ4v) is 3.16. The Morgan fingerprint density at radius 3 is 2.27 bits per heavy atom. The van der Waals surface area contributed by atoms with Gasteiger partial charge in [-0.1, -0.05) is 0 Å². The molecule has 0 aliphatic rings. The molecular formula is C23H20F3N7O8. The standard InChI is InChI=1S/C23H20F3N7O8/c1-40-14(34)8-7-12(20(38)41-2)30-17(35)10-3-5-11(6-4-10)28-18(36)13-9-27-16-15(29-13)19(37)32-22(31-16)33-21(39)23(24,25)26/h3-6,9,12H,7-8H2,1-2H3,(H,28,36)(H,30,35)(H2,27,31,32,33,37,39)/t12-/m0/s1. The maximum Gasteiger partial charge on any atom is 0.471 e. The lowest BCUT2D eigenvalue weighted by Gasteiger charge is -2.16. The number of benzene rings is 1. The van der Waals surface area contributed by atoms with Crippen LogP contribution in [0.15, 0.2) is 35.3 Å². The van der Waals surface area contributed by atoms with Crippen molar-refractivity contribution < 1.29 is 46.6 Å². The molecule has 1 atom stereocenters. The van der Waals surface area contributed by atoms with E-state index in [0.717, 1.165) is 13.3 Å². The molecule has 216 valence electrons. The SMILES string of the molecule is COC(=O)CC[C@H](NC(=O)c1ccc(NC(=O)c2cnc3nc(NC(=O)C(F)(F)F)[nH]c(=O)c3n2)cc1)C(=O)OC. The molecule has 2 heterocycles. The molecule has 0 aliphatic heterocycles. The van der Waals surface area contributed by atoms with E-state index in [1.807, 2.05) is 4.98 Å². The van der Waals surface area contributed by atoms with Crippen LogP contribution in [-0.2, 0) is 23.9 Å². The van der Waals surface area contributed by atoms with Crippen molar-refractivity contribution in [3.63, 3.8) is 0 Å². The predicted octanol–water partition coefficient (Wildman–Crippen LogP) is 0.691. The number of amides is 3. The summed E-state index contributed by atoms with van der Waals surface area (Å²) >= 11 is 0. The summed E-state index contributed by atoms with van der Waals surface area (Å²) in [5, 5.41) is 6.29. The molecule has 0 aliphatic carbocycles. The number of anilines is 2. The summed E-state index contributed by atoms with van der Waals surface area (Å²) in [4.78, 5) is 84.9. The summed E-state index contributed by atoms with van der Waals surface area (Å²) in [6.07, 6.45) is -4.52. The highest BCUT2D eigenvalue weighted by Gasteiger charge is 2.39. The minimum Gasteiger partial charge on any atom is -0.469 e. The number of rotatable bonds is 9. The van der Waals surface area contributed by atoms with E-state index < -0.39 is 64.5 Å². The van der Waals surface area contributed by atoms with E-state index in [4.69, 9.17) is 0 Å². The van der Waals surface area contributed by atoms with Gasteiger partial charge < -0.3 is 20.1 Å². The van der Waals surface area contributed by atoms with Crippen molar-refractivity contribution in [2.75, 3.05) is 24.9 Å². The number of aromatic amines is 1. The fourth-order valence-electron chi connectivity index (χ4n) is 3.16. The summed E-state index contributed by atoms with van der Waals surface area (Å²) in [6.45, 7) is 0. The van der Waals surface area contributed by atoms with Crippen molar-refractivity contribution >= 4 is 52.5 Å². The van der Waals surface area contributed by atoms with E-state index in [-0.39, 0.29) is 29.8 Å². The van der Waals surface area contributed by atoms with Crippen molar-refractivity contribution in [3.05, 3.63) is 52.1 Å². The van der Waals surface area contributed by atoms with Crippen molar-refractivity contribution in [1.29, 1.82) is 0 Å². The molecule has 0 saturated heterocycles. The van der Waals surface area contributed by atoms with Gasteiger partial charge in [-0.25, -0.2) is 14.8 Å². The van der Waals surface area contributed by atoms with Crippen LogP contribution in [-0.4, -0.2) is 76.0 Å². The van der Waals surface area contributed by atoms with E-state index in [9.17, 15) is 41.9 Å². The van der Waals surface area contributed by atoms with E-state index in [1.165, 1.54) is 36.7 Å². The quantitative estimate of drug-likeness (QED) is 0.259. The van der Waals surface area contributed by atoms with Crippen LogP contribution >= 0.6 is 0 Å². The van der Waals surface area contributed by atoms with Crippen molar-refractivity contribution in [2.24, 2.45) is 0 Å². The van der Waals surface area contributed by atoms with Gasteiger partial charge >= 0.3 is 24.0 Å². The second kappa shape index (κ2) is 12.6. The second-order valence-corrected chi connectivity index (χ2v) is 7.99. The summed E-state index contributed by atoms with van der Waals surface area (Å²) in [7, 11) is 2.31. The molecule has 41 heavy (non-hydrogen) atoms. The van der Waals surface area contributed by atoms with E-state index in [2.05, 4.69) is 35.1 Å².